The number of para-hydroxylation sites is 3. The molecule has 0 saturated carbocycles. The van der Waals surface area contributed by atoms with Crippen molar-refractivity contribution in [2.24, 2.45) is 0 Å². The Balaban J connectivity index is 1.65. The van der Waals surface area contributed by atoms with Gasteiger partial charge < -0.3 is 16.0 Å². The molecule has 130 valence electrons. The van der Waals surface area contributed by atoms with Crippen molar-refractivity contribution < 1.29 is 9.59 Å². The highest BCUT2D eigenvalue weighted by Crippen LogP contribution is 2.17. The van der Waals surface area contributed by atoms with Crippen LogP contribution in [0.15, 0.2) is 84.9 Å². The topological polar surface area (TPSA) is 70.2 Å². The average molecular weight is 345 g/mol. The van der Waals surface area contributed by atoms with Crippen LogP contribution in [0.2, 0.25) is 0 Å². The monoisotopic (exact) mass is 345 g/mol. The third kappa shape index (κ3) is 4.70. The molecule has 5 nitrogen and oxygen atoms in total. The number of amides is 2. The zero-order chi connectivity index (χ0) is 18.2. The van der Waals surface area contributed by atoms with Crippen LogP contribution in [-0.2, 0) is 4.79 Å². The van der Waals surface area contributed by atoms with E-state index in [0.717, 1.165) is 5.69 Å². The SMILES string of the molecule is O=C(CNc1ccccc1)Nc1ccccc1C(=O)Nc1ccccc1. The van der Waals surface area contributed by atoms with Crippen LogP contribution in [0.25, 0.3) is 0 Å². The number of hydrogen-bond acceptors (Lipinski definition) is 3. The van der Waals surface area contributed by atoms with Crippen LogP contribution in [0, 0.1) is 0 Å². The maximum absolute atomic E-state index is 12.5. The summed E-state index contributed by atoms with van der Waals surface area (Å²) in [6.07, 6.45) is 0. The van der Waals surface area contributed by atoms with Gasteiger partial charge in [-0.1, -0.05) is 48.5 Å². The molecule has 0 aliphatic rings. The average Bonchev–Trinajstić information content (AvgIpc) is 2.68. The summed E-state index contributed by atoms with van der Waals surface area (Å²) in [7, 11) is 0. The van der Waals surface area contributed by atoms with Gasteiger partial charge in [-0.3, -0.25) is 9.59 Å². The molecule has 2 amide bonds. The summed E-state index contributed by atoms with van der Waals surface area (Å²) in [4.78, 5) is 24.7. The smallest absolute Gasteiger partial charge is 0.257 e. The van der Waals surface area contributed by atoms with E-state index in [9.17, 15) is 9.59 Å². The molecule has 0 aromatic heterocycles. The number of carbonyl (C=O) groups is 2. The van der Waals surface area contributed by atoms with Gasteiger partial charge in [-0.05, 0) is 36.4 Å². The summed E-state index contributed by atoms with van der Waals surface area (Å²) in [5.74, 6) is -0.503. The molecule has 0 bridgehead atoms. The molecular weight excluding hydrogens is 326 g/mol. The normalized spacial score (nSPS) is 10.0. The molecule has 0 unspecified atom stereocenters. The number of hydrogen-bond donors (Lipinski definition) is 3. The van der Waals surface area contributed by atoms with Gasteiger partial charge >= 0.3 is 0 Å². The van der Waals surface area contributed by atoms with Gasteiger partial charge in [-0.15, -0.1) is 0 Å². The fraction of sp³-hybridized carbons (Fsp3) is 0.0476. The van der Waals surface area contributed by atoms with Crippen molar-refractivity contribution >= 4 is 28.9 Å². The molecule has 26 heavy (non-hydrogen) atoms. The minimum absolute atomic E-state index is 0.110. The molecule has 0 fully saturated rings. The van der Waals surface area contributed by atoms with Gasteiger partial charge in [0.15, 0.2) is 0 Å². The highest BCUT2D eigenvalue weighted by atomic mass is 16.2. The minimum atomic E-state index is -0.275. The summed E-state index contributed by atoms with van der Waals surface area (Å²) >= 11 is 0. The molecule has 0 heterocycles. The van der Waals surface area contributed by atoms with Gasteiger partial charge in [0, 0.05) is 11.4 Å². The Hall–Kier alpha value is -3.60. The third-order valence-corrected chi connectivity index (χ3v) is 3.70. The van der Waals surface area contributed by atoms with Gasteiger partial charge in [0.1, 0.15) is 0 Å². The zero-order valence-corrected chi connectivity index (χ0v) is 14.1. The fourth-order valence-electron chi connectivity index (χ4n) is 2.44. The molecule has 5 heteroatoms. The molecule has 3 aromatic carbocycles. The predicted molar refractivity (Wildman–Crippen MR) is 104 cm³/mol. The van der Waals surface area contributed by atoms with E-state index in [-0.39, 0.29) is 18.4 Å². The van der Waals surface area contributed by atoms with Gasteiger partial charge in [0.25, 0.3) is 5.91 Å². The second-order valence-corrected chi connectivity index (χ2v) is 5.63. The summed E-state index contributed by atoms with van der Waals surface area (Å²) in [6.45, 7) is 0.110. The standard InChI is InChI=1S/C21H19N3O2/c25-20(15-22-16-9-3-1-4-10-16)24-19-14-8-7-13-18(19)21(26)23-17-11-5-2-6-12-17/h1-14,22H,15H2,(H,23,26)(H,24,25). The molecule has 0 radical (unpaired) electrons. The van der Waals surface area contributed by atoms with Gasteiger partial charge in [-0.25, -0.2) is 0 Å². The molecule has 0 spiro atoms. The van der Waals surface area contributed by atoms with E-state index in [2.05, 4.69) is 16.0 Å². The Morgan fingerprint density at radius 1 is 0.654 bits per heavy atom. The van der Waals surface area contributed by atoms with Gasteiger partial charge in [0.05, 0.1) is 17.8 Å². The van der Waals surface area contributed by atoms with Crippen LogP contribution in [0.1, 0.15) is 10.4 Å². The number of benzene rings is 3. The van der Waals surface area contributed by atoms with Crippen molar-refractivity contribution in [3.8, 4) is 0 Å². The highest BCUT2D eigenvalue weighted by Gasteiger charge is 2.13. The van der Waals surface area contributed by atoms with Gasteiger partial charge in [-0.2, -0.15) is 0 Å². The Morgan fingerprint density at radius 3 is 1.92 bits per heavy atom. The van der Waals surface area contributed by atoms with Crippen molar-refractivity contribution in [1.29, 1.82) is 0 Å². The van der Waals surface area contributed by atoms with Crippen molar-refractivity contribution in [3.05, 3.63) is 90.5 Å². The number of nitrogens with one attached hydrogen (secondary N) is 3. The van der Waals surface area contributed by atoms with E-state index in [0.29, 0.717) is 16.9 Å². The van der Waals surface area contributed by atoms with E-state index >= 15 is 0 Å². The molecule has 0 aliphatic carbocycles. The van der Waals surface area contributed by atoms with Gasteiger partial charge in [0.2, 0.25) is 5.91 Å². The highest BCUT2D eigenvalue weighted by molar-refractivity contribution is 6.10. The molecule has 0 atom stereocenters. The lowest BCUT2D eigenvalue weighted by molar-refractivity contribution is -0.114. The molecule has 3 rings (SSSR count). The van der Waals surface area contributed by atoms with E-state index in [1.54, 1.807) is 24.3 Å². The van der Waals surface area contributed by atoms with Crippen LogP contribution in [0.3, 0.4) is 0 Å². The molecule has 3 aromatic rings. The van der Waals surface area contributed by atoms with Crippen molar-refractivity contribution in [2.75, 3.05) is 22.5 Å². The zero-order valence-electron chi connectivity index (χ0n) is 14.1. The number of rotatable bonds is 6. The predicted octanol–water partition coefficient (Wildman–Crippen LogP) is 3.99. The summed E-state index contributed by atoms with van der Waals surface area (Å²) in [6, 6.07) is 25.6. The van der Waals surface area contributed by atoms with E-state index in [1.165, 1.54) is 0 Å². The second-order valence-electron chi connectivity index (χ2n) is 5.63. The van der Waals surface area contributed by atoms with E-state index in [4.69, 9.17) is 0 Å². The maximum Gasteiger partial charge on any atom is 0.257 e. The van der Waals surface area contributed by atoms with Crippen molar-refractivity contribution in [2.45, 2.75) is 0 Å². The first-order valence-electron chi connectivity index (χ1n) is 8.26. The van der Waals surface area contributed by atoms with Crippen LogP contribution in [-0.4, -0.2) is 18.4 Å². The summed E-state index contributed by atoms with van der Waals surface area (Å²) in [5.41, 5.74) is 2.44. The molecule has 0 aliphatic heterocycles. The summed E-state index contributed by atoms with van der Waals surface area (Å²) < 4.78 is 0. The Morgan fingerprint density at radius 2 is 1.23 bits per heavy atom. The Bertz CT molecular complexity index is 880. The maximum atomic E-state index is 12.5. The lowest BCUT2D eigenvalue weighted by Gasteiger charge is -2.12. The van der Waals surface area contributed by atoms with Crippen molar-refractivity contribution in [1.82, 2.24) is 0 Å². The fourth-order valence-corrected chi connectivity index (χ4v) is 2.44. The van der Waals surface area contributed by atoms with Crippen molar-refractivity contribution in [3.63, 3.8) is 0 Å². The number of anilines is 3. The molecular formula is C21H19N3O2. The van der Waals surface area contributed by atoms with Crippen LogP contribution >= 0.6 is 0 Å². The Labute approximate surface area is 152 Å². The molecule has 3 N–H and O–H groups in total. The van der Waals surface area contributed by atoms with Crippen LogP contribution in [0.4, 0.5) is 17.1 Å². The van der Waals surface area contributed by atoms with Crippen LogP contribution < -0.4 is 16.0 Å². The quantitative estimate of drug-likeness (QED) is 0.633. The largest absolute Gasteiger partial charge is 0.376 e. The van der Waals surface area contributed by atoms with E-state index < -0.39 is 0 Å². The Kier molecular flexibility index (Phi) is 5.62. The first-order chi connectivity index (χ1) is 12.7. The van der Waals surface area contributed by atoms with Crippen LogP contribution in [0.5, 0.6) is 0 Å². The van der Waals surface area contributed by atoms with E-state index in [1.807, 2.05) is 60.7 Å². The number of carbonyl (C=O) groups excluding carboxylic acids is 2. The lowest BCUT2D eigenvalue weighted by atomic mass is 10.1. The third-order valence-electron chi connectivity index (χ3n) is 3.70. The lowest BCUT2D eigenvalue weighted by Crippen LogP contribution is -2.23. The first-order valence-corrected chi connectivity index (χ1v) is 8.26. The molecule has 0 saturated heterocycles. The first kappa shape index (κ1) is 17.2. The minimum Gasteiger partial charge on any atom is -0.376 e. The summed E-state index contributed by atoms with van der Waals surface area (Å²) in [5, 5.41) is 8.65. The second kappa shape index (κ2) is 8.48.